The molecule has 0 unspecified atom stereocenters. The minimum Gasteiger partial charge on any atom is -0.338 e. The van der Waals surface area contributed by atoms with E-state index in [4.69, 9.17) is 0 Å². The molecule has 0 bridgehead atoms. The number of hydrogen-bond donors (Lipinski definition) is 1. The Balaban J connectivity index is 1.36. The van der Waals surface area contributed by atoms with Gasteiger partial charge in [0.25, 0.3) is 11.5 Å². The lowest BCUT2D eigenvalue weighted by molar-refractivity contribution is 0.0590. The fraction of sp³-hybridized carbons (Fsp3) is 0.455. The average Bonchev–Trinajstić information content (AvgIpc) is 3.18. The highest BCUT2D eigenvalue weighted by atomic mass is 16.2. The van der Waals surface area contributed by atoms with Crippen LogP contribution in [0.5, 0.6) is 0 Å². The lowest BCUT2D eigenvalue weighted by atomic mass is 9.99. The maximum Gasteiger partial charge on any atom is 0.258 e. The number of nitrogens with zero attached hydrogens (tertiary/aromatic N) is 3. The van der Waals surface area contributed by atoms with Crippen LogP contribution in [-0.4, -0.2) is 57.3 Å². The molecule has 28 heavy (non-hydrogen) atoms. The summed E-state index contributed by atoms with van der Waals surface area (Å²) in [5.41, 5.74) is 2.00. The molecular formula is C22H26N4O2. The van der Waals surface area contributed by atoms with E-state index in [1.54, 1.807) is 12.1 Å². The highest BCUT2D eigenvalue weighted by molar-refractivity contribution is 5.96. The zero-order valence-corrected chi connectivity index (χ0v) is 16.1. The van der Waals surface area contributed by atoms with Gasteiger partial charge in [0.15, 0.2) is 0 Å². The zero-order chi connectivity index (χ0) is 19.1. The van der Waals surface area contributed by atoms with Gasteiger partial charge >= 0.3 is 0 Å². The third-order valence-electron chi connectivity index (χ3n) is 6.38. The van der Waals surface area contributed by atoms with Crippen LogP contribution in [0.1, 0.15) is 42.5 Å². The molecule has 146 valence electrons. The van der Waals surface area contributed by atoms with Gasteiger partial charge in [-0.3, -0.25) is 9.59 Å². The van der Waals surface area contributed by atoms with Crippen LogP contribution >= 0.6 is 0 Å². The molecule has 6 nitrogen and oxygen atoms in total. The van der Waals surface area contributed by atoms with E-state index in [1.165, 1.54) is 32.4 Å². The number of piperidine rings is 2. The predicted octanol–water partition coefficient (Wildman–Crippen LogP) is 2.87. The van der Waals surface area contributed by atoms with E-state index in [0.717, 1.165) is 31.4 Å². The van der Waals surface area contributed by atoms with Crippen LogP contribution in [0.3, 0.4) is 0 Å². The Morgan fingerprint density at radius 2 is 1.75 bits per heavy atom. The van der Waals surface area contributed by atoms with Gasteiger partial charge in [-0.15, -0.1) is 0 Å². The SMILES string of the molecule is O=C(c1cc2[nH]c(=O)c3ccccc3n2c1)N1CCC(N2CCCCC2)CC1. The van der Waals surface area contributed by atoms with Crippen LogP contribution < -0.4 is 5.56 Å². The molecule has 1 aromatic carbocycles. The molecule has 1 amide bonds. The minimum absolute atomic E-state index is 0.0609. The fourth-order valence-electron chi connectivity index (χ4n) is 4.83. The van der Waals surface area contributed by atoms with Gasteiger partial charge in [-0.1, -0.05) is 18.6 Å². The summed E-state index contributed by atoms with van der Waals surface area (Å²) in [7, 11) is 0. The molecule has 3 aromatic rings. The summed E-state index contributed by atoms with van der Waals surface area (Å²) < 4.78 is 1.91. The van der Waals surface area contributed by atoms with Gasteiger partial charge in [0.1, 0.15) is 5.65 Å². The lowest BCUT2D eigenvalue weighted by Crippen LogP contribution is -2.48. The third-order valence-corrected chi connectivity index (χ3v) is 6.38. The van der Waals surface area contributed by atoms with E-state index in [2.05, 4.69) is 9.88 Å². The topological polar surface area (TPSA) is 60.8 Å². The van der Waals surface area contributed by atoms with Crippen LogP contribution in [0.4, 0.5) is 0 Å². The number of nitrogens with one attached hydrogen (secondary N) is 1. The van der Waals surface area contributed by atoms with Gasteiger partial charge in [0, 0.05) is 25.3 Å². The Morgan fingerprint density at radius 3 is 2.54 bits per heavy atom. The molecule has 6 heteroatoms. The first-order valence-corrected chi connectivity index (χ1v) is 10.4. The van der Waals surface area contributed by atoms with Crippen LogP contribution in [0, 0.1) is 0 Å². The number of para-hydroxylation sites is 1. The Kier molecular flexibility index (Phi) is 4.43. The maximum absolute atomic E-state index is 13.1. The highest BCUT2D eigenvalue weighted by Crippen LogP contribution is 2.23. The van der Waals surface area contributed by atoms with Crippen LogP contribution in [0.2, 0.25) is 0 Å². The molecule has 2 fully saturated rings. The molecule has 2 aromatic heterocycles. The molecule has 0 radical (unpaired) electrons. The quantitative estimate of drug-likeness (QED) is 0.746. The number of H-pyrrole nitrogens is 1. The molecule has 4 heterocycles. The second kappa shape index (κ2) is 7.09. The van der Waals surface area contributed by atoms with Crippen molar-refractivity contribution in [2.24, 2.45) is 0 Å². The molecule has 0 spiro atoms. The molecule has 1 N–H and O–H groups in total. The van der Waals surface area contributed by atoms with Crippen molar-refractivity contribution in [1.82, 2.24) is 19.2 Å². The van der Waals surface area contributed by atoms with Gasteiger partial charge < -0.3 is 19.2 Å². The van der Waals surface area contributed by atoms with Crippen molar-refractivity contribution < 1.29 is 4.79 Å². The van der Waals surface area contributed by atoms with Crippen LogP contribution in [-0.2, 0) is 0 Å². The molecule has 2 saturated heterocycles. The Bertz CT molecular complexity index is 1070. The second-order valence-electron chi connectivity index (χ2n) is 8.08. The highest BCUT2D eigenvalue weighted by Gasteiger charge is 2.28. The van der Waals surface area contributed by atoms with Crippen molar-refractivity contribution in [2.75, 3.05) is 26.2 Å². The number of carbonyl (C=O) groups is 1. The summed E-state index contributed by atoms with van der Waals surface area (Å²) in [5.74, 6) is 0.0609. The summed E-state index contributed by atoms with van der Waals surface area (Å²) >= 11 is 0. The summed E-state index contributed by atoms with van der Waals surface area (Å²) in [6, 6.07) is 9.90. The monoisotopic (exact) mass is 378 g/mol. The van der Waals surface area contributed by atoms with E-state index in [-0.39, 0.29) is 11.5 Å². The summed E-state index contributed by atoms with van der Waals surface area (Å²) in [6.45, 7) is 4.04. The van der Waals surface area contributed by atoms with Gasteiger partial charge in [-0.05, 0) is 57.0 Å². The van der Waals surface area contributed by atoms with Gasteiger partial charge in [-0.2, -0.15) is 0 Å². The molecule has 2 aliphatic heterocycles. The predicted molar refractivity (Wildman–Crippen MR) is 110 cm³/mol. The number of fused-ring (bicyclic) bond motifs is 3. The molecule has 2 aliphatic rings. The van der Waals surface area contributed by atoms with E-state index in [9.17, 15) is 9.59 Å². The molecule has 0 saturated carbocycles. The summed E-state index contributed by atoms with van der Waals surface area (Å²) in [4.78, 5) is 32.8. The van der Waals surface area contributed by atoms with E-state index < -0.39 is 0 Å². The average molecular weight is 378 g/mol. The van der Waals surface area contributed by atoms with E-state index in [0.29, 0.717) is 22.6 Å². The normalized spacial score (nSPS) is 19.5. The number of likely N-dealkylation sites (tertiary alicyclic amines) is 2. The van der Waals surface area contributed by atoms with E-state index >= 15 is 0 Å². The first kappa shape index (κ1) is 17.5. The van der Waals surface area contributed by atoms with Crippen LogP contribution in [0.15, 0.2) is 41.3 Å². The number of aromatic amines is 1. The number of amides is 1. The van der Waals surface area contributed by atoms with Gasteiger partial charge in [0.2, 0.25) is 0 Å². The minimum atomic E-state index is -0.123. The largest absolute Gasteiger partial charge is 0.338 e. The number of aromatic nitrogens is 2. The first-order chi connectivity index (χ1) is 13.7. The van der Waals surface area contributed by atoms with Gasteiger partial charge in [-0.25, -0.2) is 0 Å². The van der Waals surface area contributed by atoms with Crippen molar-refractivity contribution in [2.45, 2.75) is 38.1 Å². The number of carbonyl (C=O) groups excluding carboxylic acids is 1. The standard InChI is InChI=1S/C22H26N4O2/c27-21-18-6-2-3-7-19(18)26-15-16(14-20(26)23-21)22(28)25-12-8-17(9-13-25)24-10-4-1-5-11-24/h2-3,6-7,14-15,17H,1,4-5,8-13H2,(H,23,27). The zero-order valence-electron chi connectivity index (χ0n) is 16.1. The maximum atomic E-state index is 13.1. The molecule has 0 aliphatic carbocycles. The van der Waals surface area contributed by atoms with Crippen molar-refractivity contribution >= 4 is 22.5 Å². The van der Waals surface area contributed by atoms with Crippen molar-refractivity contribution in [1.29, 1.82) is 0 Å². The molecule has 5 rings (SSSR count). The summed E-state index contributed by atoms with van der Waals surface area (Å²) in [5, 5.41) is 0.631. The Labute approximate surface area is 163 Å². The third kappa shape index (κ3) is 3.02. The Hall–Kier alpha value is -2.60. The summed E-state index contributed by atoms with van der Waals surface area (Å²) in [6.07, 6.45) is 7.93. The smallest absolute Gasteiger partial charge is 0.258 e. The van der Waals surface area contributed by atoms with Crippen LogP contribution in [0.25, 0.3) is 16.6 Å². The fourth-order valence-corrected chi connectivity index (χ4v) is 4.83. The van der Waals surface area contributed by atoms with Gasteiger partial charge in [0.05, 0.1) is 16.5 Å². The van der Waals surface area contributed by atoms with Crippen molar-refractivity contribution in [3.63, 3.8) is 0 Å². The second-order valence-corrected chi connectivity index (χ2v) is 8.08. The lowest BCUT2D eigenvalue weighted by Gasteiger charge is -2.40. The van der Waals surface area contributed by atoms with Crippen molar-refractivity contribution in [3.05, 3.63) is 52.4 Å². The number of rotatable bonds is 2. The Morgan fingerprint density at radius 1 is 1.00 bits per heavy atom. The number of benzene rings is 1. The van der Waals surface area contributed by atoms with E-state index in [1.807, 2.05) is 33.7 Å². The molecule has 0 atom stereocenters. The first-order valence-electron chi connectivity index (χ1n) is 10.4. The van der Waals surface area contributed by atoms with Crippen molar-refractivity contribution in [3.8, 4) is 0 Å². The number of hydrogen-bond acceptors (Lipinski definition) is 3. The molecular weight excluding hydrogens is 352 g/mol.